The Morgan fingerprint density at radius 1 is 1.24 bits per heavy atom. The minimum Gasteiger partial charge on any atom is -0.495 e. The third kappa shape index (κ3) is 6.35. The molecule has 4 rings (SSSR count). The van der Waals surface area contributed by atoms with E-state index in [1.54, 1.807) is 43.5 Å². The molecular formula is C28H41N7O3. The molecule has 1 aliphatic carbocycles. The Labute approximate surface area is 225 Å². The number of aromatic nitrogens is 2. The quantitative estimate of drug-likeness (QED) is 0.513. The Hall–Kier alpha value is -3.40. The predicted octanol–water partition coefficient (Wildman–Crippen LogP) is 3.66. The maximum atomic E-state index is 12.9. The summed E-state index contributed by atoms with van der Waals surface area (Å²) in [5.41, 5.74) is 1.84. The molecule has 0 atom stereocenters. The number of nitrogens with one attached hydrogen (secondary N) is 2. The van der Waals surface area contributed by atoms with Crippen molar-refractivity contribution in [2.75, 3.05) is 63.0 Å². The molecule has 0 unspecified atom stereocenters. The molecule has 2 N–H and O–H groups in total. The van der Waals surface area contributed by atoms with Crippen molar-refractivity contribution in [2.45, 2.75) is 52.0 Å². The summed E-state index contributed by atoms with van der Waals surface area (Å²) in [6.07, 6.45) is 6.76. The highest BCUT2D eigenvalue weighted by atomic mass is 16.5. The monoisotopic (exact) mass is 523 g/mol. The number of methoxy groups -OCH3 is 1. The molecular weight excluding hydrogens is 482 g/mol. The Balaban J connectivity index is 1.54. The molecule has 206 valence electrons. The van der Waals surface area contributed by atoms with Gasteiger partial charge in [-0.25, -0.2) is 4.98 Å². The van der Waals surface area contributed by atoms with Gasteiger partial charge in [0.2, 0.25) is 11.9 Å². The molecule has 1 saturated carbocycles. The van der Waals surface area contributed by atoms with Crippen LogP contribution in [-0.4, -0.2) is 80.6 Å². The van der Waals surface area contributed by atoms with Crippen molar-refractivity contribution >= 4 is 35.0 Å². The van der Waals surface area contributed by atoms with E-state index < -0.39 is 0 Å². The maximum absolute atomic E-state index is 12.9. The second-order valence-corrected chi connectivity index (χ2v) is 11.4. The van der Waals surface area contributed by atoms with Crippen molar-refractivity contribution in [3.05, 3.63) is 30.0 Å². The fourth-order valence-electron chi connectivity index (χ4n) is 5.46. The zero-order valence-electron chi connectivity index (χ0n) is 23.5. The molecule has 1 aromatic heterocycles. The summed E-state index contributed by atoms with van der Waals surface area (Å²) in [6, 6.07) is 5.67. The van der Waals surface area contributed by atoms with Gasteiger partial charge in [-0.2, -0.15) is 4.98 Å². The number of hydrogen-bond acceptors (Lipinski definition) is 8. The number of fused-ring (bicyclic) bond motifs is 1. The number of rotatable bonds is 9. The van der Waals surface area contributed by atoms with Crippen LogP contribution in [0.3, 0.4) is 0 Å². The van der Waals surface area contributed by atoms with E-state index in [2.05, 4.69) is 39.3 Å². The molecule has 1 aliphatic heterocycles. The van der Waals surface area contributed by atoms with Gasteiger partial charge in [0, 0.05) is 44.7 Å². The van der Waals surface area contributed by atoms with Crippen LogP contribution in [0.1, 0.15) is 56.3 Å². The van der Waals surface area contributed by atoms with Gasteiger partial charge in [-0.15, -0.1) is 0 Å². The van der Waals surface area contributed by atoms with E-state index >= 15 is 0 Å². The third-order valence-electron chi connectivity index (χ3n) is 7.27. The van der Waals surface area contributed by atoms with E-state index in [4.69, 9.17) is 9.72 Å². The first-order valence-corrected chi connectivity index (χ1v) is 13.4. The largest absolute Gasteiger partial charge is 0.495 e. The fraction of sp³-hybridized carbons (Fsp3) is 0.571. The van der Waals surface area contributed by atoms with Gasteiger partial charge in [-0.3, -0.25) is 9.59 Å². The lowest BCUT2D eigenvalue weighted by Gasteiger charge is -2.30. The number of amides is 2. The average Bonchev–Trinajstić information content (AvgIpc) is 3.37. The number of anilines is 4. The molecule has 0 saturated heterocycles. The van der Waals surface area contributed by atoms with Gasteiger partial charge in [0.15, 0.2) is 5.82 Å². The summed E-state index contributed by atoms with van der Waals surface area (Å²) in [7, 11) is 7.41. The zero-order chi connectivity index (χ0) is 27.4. The van der Waals surface area contributed by atoms with Crippen LogP contribution < -0.4 is 25.2 Å². The molecule has 2 heterocycles. The first-order valence-electron chi connectivity index (χ1n) is 13.4. The second kappa shape index (κ2) is 11.6. The Morgan fingerprint density at radius 2 is 1.97 bits per heavy atom. The Kier molecular flexibility index (Phi) is 8.40. The molecule has 0 spiro atoms. The lowest BCUT2D eigenvalue weighted by molar-refractivity contribution is -0.118. The minimum atomic E-state index is -0.150. The maximum Gasteiger partial charge on any atom is 0.251 e. The predicted molar refractivity (Wildman–Crippen MR) is 151 cm³/mol. The van der Waals surface area contributed by atoms with Crippen molar-refractivity contribution < 1.29 is 14.3 Å². The molecule has 0 radical (unpaired) electrons. The van der Waals surface area contributed by atoms with Crippen molar-refractivity contribution in [3.8, 4) is 5.75 Å². The average molecular weight is 524 g/mol. The van der Waals surface area contributed by atoms with Crippen LogP contribution in [0.15, 0.2) is 24.4 Å². The van der Waals surface area contributed by atoms with E-state index in [1.165, 1.54) is 12.8 Å². The Morgan fingerprint density at radius 3 is 2.66 bits per heavy atom. The molecule has 2 amide bonds. The van der Waals surface area contributed by atoms with Gasteiger partial charge in [-0.1, -0.05) is 26.7 Å². The highest BCUT2D eigenvalue weighted by molar-refractivity contribution is 5.97. The summed E-state index contributed by atoms with van der Waals surface area (Å²) < 4.78 is 5.60. The molecule has 10 heteroatoms. The van der Waals surface area contributed by atoms with Gasteiger partial charge >= 0.3 is 0 Å². The third-order valence-corrected chi connectivity index (χ3v) is 7.27. The normalized spacial score (nSPS) is 16.4. The number of carbonyl (C=O) groups is 2. The minimum absolute atomic E-state index is 0.0571. The summed E-state index contributed by atoms with van der Waals surface area (Å²) in [5, 5.41) is 6.30. The van der Waals surface area contributed by atoms with Crippen LogP contribution in [0.25, 0.3) is 0 Å². The molecule has 2 aromatic rings. The summed E-state index contributed by atoms with van der Waals surface area (Å²) >= 11 is 0. The molecule has 2 aliphatic rings. The summed E-state index contributed by atoms with van der Waals surface area (Å²) in [4.78, 5) is 40.9. The highest BCUT2D eigenvalue weighted by Gasteiger charge is 2.31. The van der Waals surface area contributed by atoms with E-state index in [-0.39, 0.29) is 17.2 Å². The van der Waals surface area contributed by atoms with Gasteiger partial charge in [0.25, 0.3) is 5.91 Å². The van der Waals surface area contributed by atoms with Crippen LogP contribution in [0, 0.1) is 5.41 Å². The van der Waals surface area contributed by atoms with Crippen LogP contribution in [0.2, 0.25) is 0 Å². The SMILES string of the molecule is COc1cc(C(=O)NCC(C)(C)CN(C)C)ccc1Nc1ncc2c(n1)N(C1CCCC1)CCC(=O)N2C. The smallest absolute Gasteiger partial charge is 0.251 e. The number of carbonyl (C=O) groups excluding carboxylic acids is 2. The van der Waals surface area contributed by atoms with E-state index in [9.17, 15) is 9.59 Å². The van der Waals surface area contributed by atoms with Gasteiger partial charge in [-0.05, 0) is 50.6 Å². The summed E-state index contributed by atoms with van der Waals surface area (Å²) in [5.74, 6) is 1.62. The van der Waals surface area contributed by atoms with Crippen LogP contribution in [0.4, 0.5) is 23.1 Å². The van der Waals surface area contributed by atoms with E-state index in [0.29, 0.717) is 48.5 Å². The lowest BCUT2D eigenvalue weighted by Crippen LogP contribution is -2.39. The molecule has 1 aromatic carbocycles. The van der Waals surface area contributed by atoms with E-state index in [1.807, 2.05) is 14.1 Å². The second-order valence-electron chi connectivity index (χ2n) is 11.4. The summed E-state index contributed by atoms with van der Waals surface area (Å²) in [6.45, 7) is 6.33. The number of hydrogen-bond donors (Lipinski definition) is 2. The van der Waals surface area contributed by atoms with E-state index in [0.717, 1.165) is 30.9 Å². The van der Waals surface area contributed by atoms with Gasteiger partial charge in [0.1, 0.15) is 11.4 Å². The van der Waals surface area contributed by atoms with Gasteiger partial charge < -0.3 is 30.1 Å². The van der Waals surface area contributed by atoms with Crippen molar-refractivity contribution in [2.24, 2.45) is 5.41 Å². The zero-order valence-corrected chi connectivity index (χ0v) is 23.5. The molecule has 0 bridgehead atoms. The molecule has 10 nitrogen and oxygen atoms in total. The fourth-order valence-corrected chi connectivity index (χ4v) is 5.46. The Bertz CT molecular complexity index is 1160. The number of ether oxygens (including phenoxy) is 1. The van der Waals surface area contributed by atoms with Gasteiger partial charge in [0.05, 0.1) is 19.0 Å². The van der Waals surface area contributed by atoms with Crippen LogP contribution in [-0.2, 0) is 4.79 Å². The molecule has 38 heavy (non-hydrogen) atoms. The molecule has 1 fully saturated rings. The first-order chi connectivity index (χ1) is 18.1. The highest BCUT2D eigenvalue weighted by Crippen LogP contribution is 2.37. The lowest BCUT2D eigenvalue weighted by atomic mass is 9.93. The topological polar surface area (TPSA) is 103 Å². The van der Waals surface area contributed by atoms with Crippen molar-refractivity contribution in [1.29, 1.82) is 0 Å². The number of nitrogens with zero attached hydrogens (tertiary/aromatic N) is 5. The first kappa shape index (κ1) is 27.6. The van der Waals surface area contributed by atoms with Crippen molar-refractivity contribution in [3.63, 3.8) is 0 Å². The van der Waals surface area contributed by atoms with Crippen LogP contribution >= 0.6 is 0 Å². The standard InChI is InChI=1S/C28H41N7O3/c1-28(2,18-33(3)4)17-30-26(37)19-11-12-21(23(15-19)38-6)31-27-29-16-22-25(32-27)35(20-9-7-8-10-20)14-13-24(36)34(22)5/h11-12,15-16,20H,7-10,13-14,17-18H2,1-6H3,(H,30,37)(H,29,31,32). The van der Waals surface area contributed by atoms with Crippen LogP contribution in [0.5, 0.6) is 5.75 Å². The number of benzene rings is 1. The van der Waals surface area contributed by atoms with Crippen molar-refractivity contribution in [1.82, 2.24) is 20.2 Å².